The molecule has 1 heterocycles. The standard InChI is InChI=1S/C15H23N/c1-13-5-7-15(8-6-13)9-11-16-10-3-4-14(2)12-16/h5-8,14H,3-4,9-12H2,1-2H3. The molecule has 1 aliphatic rings. The lowest BCUT2D eigenvalue weighted by Gasteiger charge is -2.30. The van der Waals surface area contributed by atoms with Gasteiger partial charge in [0.05, 0.1) is 0 Å². The topological polar surface area (TPSA) is 3.24 Å². The molecule has 0 bridgehead atoms. The maximum Gasteiger partial charge on any atom is 0.00219 e. The van der Waals surface area contributed by atoms with Gasteiger partial charge in [0.2, 0.25) is 0 Å². The van der Waals surface area contributed by atoms with Crippen LogP contribution in [0.4, 0.5) is 0 Å². The molecule has 1 saturated heterocycles. The number of hydrogen-bond donors (Lipinski definition) is 0. The highest BCUT2D eigenvalue weighted by atomic mass is 15.1. The van der Waals surface area contributed by atoms with Gasteiger partial charge in [-0.2, -0.15) is 0 Å². The zero-order valence-corrected chi connectivity index (χ0v) is 10.6. The summed E-state index contributed by atoms with van der Waals surface area (Å²) in [6.07, 6.45) is 4.00. The zero-order chi connectivity index (χ0) is 11.4. The average Bonchev–Trinajstić information content (AvgIpc) is 2.28. The molecule has 0 amide bonds. The molecule has 0 radical (unpaired) electrons. The van der Waals surface area contributed by atoms with Crippen LogP contribution in [0.1, 0.15) is 30.9 Å². The minimum absolute atomic E-state index is 0.895. The Hall–Kier alpha value is -0.820. The van der Waals surface area contributed by atoms with Crippen molar-refractivity contribution in [2.45, 2.75) is 33.1 Å². The van der Waals surface area contributed by atoms with Crippen LogP contribution >= 0.6 is 0 Å². The Morgan fingerprint density at radius 1 is 1.25 bits per heavy atom. The van der Waals surface area contributed by atoms with Gasteiger partial charge in [0, 0.05) is 13.1 Å². The highest BCUT2D eigenvalue weighted by Gasteiger charge is 2.15. The van der Waals surface area contributed by atoms with Crippen molar-refractivity contribution in [1.29, 1.82) is 0 Å². The molecule has 0 spiro atoms. The molecule has 1 aliphatic heterocycles. The molecule has 1 aromatic carbocycles. The fourth-order valence-corrected chi connectivity index (χ4v) is 2.53. The Balaban J connectivity index is 1.80. The van der Waals surface area contributed by atoms with E-state index in [1.807, 2.05) is 0 Å². The Bertz CT molecular complexity index is 315. The van der Waals surface area contributed by atoms with E-state index in [-0.39, 0.29) is 0 Å². The molecule has 1 heteroatoms. The van der Waals surface area contributed by atoms with Crippen molar-refractivity contribution >= 4 is 0 Å². The summed E-state index contributed by atoms with van der Waals surface area (Å²) in [5.74, 6) is 0.895. The summed E-state index contributed by atoms with van der Waals surface area (Å²) in [5.41, 5.74) is 2.83. The van der Waals surface area contributed by atoms with E-state index >= 15 is 0 Å². The molecule has 1 aromatic rings. The van der Waals surface area contributed by atoms with Crippen LogP contribution in [0.3, 0.4) is 0 Å². The largest absolute Gasteiger partial charge is 0.303 e. The molecule has 0 saturated carbocycles. The molecule has 1 unspecified atom stereocenters. The first-order valence-electron chi connectivity index (χ1n) is 6.52. The van der Waals surface area contributed by atoms with Crippen molar-refractivity contribution < 1.29 is 0 Å². The van der Waals surface area contributed by atoms with Crippen molar-refractivity contribution in [2.75, 3.05) is 19.6 Å². The monoisotopic (exact) mass is 217 g/mol. The second-order valence-corrected chi connectivity index (χ2v) is 5.28. The van der Waals surface area contributed by atoms with Crippen LogP contribution in [0.2, 0.25) is 0 Å². The SMILES string of the molecule is Cc1ccc(CCN2CCCC(C)C2)cc1. The van der Waals surface area contributed by atoms with Gasteiger partial charge in [0.1, 0.15) is 0 Å². The summed E-state index contributed by atoms with van der Waals surface area (Å²) in [4.78, 5) is 2.62. The number of piperidine rings is 1. The fraction of sp³-hybridized carbons (Fsp3) is 0.600. The van der Waals surface area contributed by atoms with Crippen molar-refractivity contribution in [3.05, 3.63) is 35.4 Å². The Kier molecular flexibility index (Phi) is 4.00. The minimum atomic E-state index is 0.895. The van der Waals surface area contributed by atoms with Gasteiger partial charge in [-0.05, 0) is 44.2 Å². The molecule has 1 atom stereocenters. The molecular weight excluding hydrogens is 194 g/mol. The molecule has 2 rings (SSSR count). The molecule has 0 aromatic heterocycles. The zero-order valence-electron chi connectivity index (χ0n) is 10.6. The predicted molar refractivity (Wildman–Crippen MR) is 69.7 cm³/mol. The van der Waals surface area contributed by atoms with E-state index < -0.39 is 0 Å². The van der Waals surface area contributed by atoms with Crippen LogP contribution < -0.4 is 0 Å². The fourth-order valence-electron chi connectivity index (χ4n) is 2.53. The van der Waals surface area contributed by atoms with Gasteiger partial charge in [-0.25, -0.2) is 0 Å². The van der Waals surface area contributed by atoms with Crippen molar-refractivity contribution in [3.8, 4) is 0 Å². The van der Waals surface area contributed by atoms with Gasteiger partial charge in [0.25, 0.3) is 0 Å². The first kappa shape index (κ1) is 11.7. The van der Waals surface area contributed by atoms with E-state index in [1.54, 1.807) is 0 Å². The maximum atomic E-state index is 2.62. The van der Waals surface area contributed by atoms with E-state index in [1.165, 1.54) is 50.0 Å². The number of benzene rings is 1. The Morgan fingerprint density at radius 3 is 2.69 bits per heavy atom. The highest BCUT2D eigenvalue weighted by Crippen LogP contribution is 2.15. The van der Waals surface area contributed by atoms with Gasteiger partial charge in [-0.15, -0.1) is 0 Å². The van der Waals surface area contributed by atoms with E-state index in [2.05, 4.69) is 43.0 Å². The van der Waals surface area contributed by atoms with Crippen LogP contribution in [0.15, 0.2) is 24.3 Å². The smallest absolute Gasteiger partial charge is 0.00219 e. The molecule has 1 fully saturated rings. The number of nitrogens with zero attached hydrogens (tertiary/aromatic N) is 1. The first-order chi connectivity index (χ1) is 7.74. The van der Waals surface area contributed by atoms with Crippen molar-refractivity contribution in [3.63, 3.8) is 0 Å². The van der Waals surface area contributed by atoms with Crippen LogP contribution in [0.5, 0.6) is 0 Å². The molecular formula is C15H23N. The second kappa shape index (κ2) is 5.49. The molecule has 88 valence electrons. The number of likely N-dealkylation sites (tertiary alicyclic amines) is 1. The quantitative estimate of drug-likeness (QED) is 0.751. The Labute approximate surface area is 99.5 Å². The van der Waals surface area contributed by atoms with Crippen LogP contribution in [0.25, 0.3) is 0 Å². The lowest BCUT2D eigenvalue weighted by Crippen LogP contribution is -2.35. The number of hydrogen-bond acceptors (Lipinski definition) is 1. The summed E-state index contributed by atoms with van der Waals surface area (Å²) in [7, 11) is 0. The van der Waals surface area contributed by atoms with E-state index in [4.69, 9.17) is 0 Å². The molecule has 16 heavy (non-hydrogen) atoms. The third-order valence-electron chi connectivity index (χ3n) is 3.58. The van der Waals surface area contributed by atoms with Gasteiger partial charge >= 0.3 is 0 Å². The lowest BCUT2D eigenvalue weighted by molar-refractivity contribution is 0.186. The van der Waals surface area contributed by atoms with Crippen molar-refractivity contribution in [2.24, 2.45) is 5.92 Å². The van der Waals surface area contributed by atoms with Crippen LogP contribution in [-0.2, 0) is 6.42 Å². The first-order valence-corrected chi connectivity index (χ1v) is 6.52. The summed E-state index contributed by atoms with van der Waals surface area (Å²) in [5, 5.41) is 0. The predicted octanol–water partition coefficient (Wildman–Crippen LogP) is 3.27. The summed E-state index contributed by atoms with van der Waals surface area (Å²) in [6.45, 7) is 8.35. The second-order valence-electron chi connectivity index (χ2n) is 5.28. The van der Waals surface area contributed by atoms with E-state index in [0.717, 1.165) is 5.92 Å². The van der Waals surface area contributed by atoms with Crippen LogP contribution in [0, 0.1) is 12.8 Å². The van der Waals surface area contributed by atoms with Gasteiger partial charge in [0.15, 0.2) is 0 Å². The van der Waals surface area contributed by atoms with Gasteiger partial charge < -0.3 is 4.90 Å². The third kappa shape index (κ3) is 3.34. The maximum absolute atomic E-state index is 2.62. The third-order valence-corrected chi connectivity index (χ3v) is 3.58. The van der Waals surface area contributed by atoms with Crippen LogP contribution in [-0.4, -0.2) is 24.5 Å². The summed E-state index contributed by atoms with van der Waals surface area (Å²) >= 11 is 0. The highest BCUT2D eigenvalue weighted by molar-refractivity contribution is 5.21. The molecule has 1 nitrogen and oxygen atoms in total. The minimum Gasteiger partial charge on any atom is -0.303 e. The lowest BCUT2D eigenvalue weighted by atomic mass is 10.00. The molecule has 0 aliphatic carbocycles. The Morgan fingerprint density at radius 2 is 2.00 bits per heavy atom. The summed E-state index contributed by atoms with van der Waals surface area (Å²) < 4.78 is 0. The van der Waals surface area contributed by atoms with Gasteiger partial charge in [-0.1, -0.05) is 36.8 Å². The van der Waals surface area contributed by atoms with Crippen molar-refractivity contribution in [1.82, 2.24) is 4.90 Å². The summed E-state index contributed by atoms with van der Waals surface area (Å²) in [6, 6.07) is 8.97. The number of aryl methyl sites for hydroxylation is 1. The van der Waals surface area contributed by atoms with E-state index in [9.17, 15) is 0 Å². The van der Waals surface area contributed by atoms with Gasteiger partial charge in [-0.3, -0.25) is 0 Å². The molecule has 0 N–H and O–H groups in total. The number of rotatable bonds is 3. The average molecular weight is 217 g/mol. The normalized spacial score (nSPS) is 22.2. The van der Waals surface area contributed by atoms with E-state index in [0.29, 0.717) is 0 Å².